The minimum Gasteiger partial charge on any atom is -0.494 e. The van der Waals surface area contributed by atoms with Gasteiger partial charge in [-0.25, -0.2) is 8.42 Å². The minimum atomic E-state index is -3.08. The van der Waals surface area contributed by atoms with Crippen LogP contribution in [-0.2, 0) is 16.4 Å². The summed E-state index contributed by atoms with van der Waals surface area (Å²) in [6.07, 6.45) is 2.54. The van der Waals surface area contributed by atoms with E-state index >= 15 is 0 Å². The average Bonchev–Trinajstić information content (AvgIpc) is 3.06. The van der Waals surface area contributed by atoms with Gasteiger partial charge in [-0.15, -0.1) is 0 Å². The Kier molecular flexibility index (Phi) is 6.73. The van der Waals surface area contributed by atoms with Crippen molar-refractivity contribution in [3.63, 3.8) is 0 Å². The quantitative estimate of drug-likeness (QED) is 0.633. The second-order valence-corrected chi connectivity index (χ2v) is 9.43. The van der Waals surface area contributed by atoms with Crippen molar-refractivity contribution in [1.82, 2.24) is 4.90 Å². The maximum absolute atomic E-state index is 13.2. The Morgan fingerprint density at radius 3 is 2.43 bits per heavy atom. The van der Waals surface area contributed by atoms with Crippen molar-refractivity contribution in [2.75, 3.05) is 18.1 Å². The van der Waals surface area contributed by atoms with Crippen molar-refractivity contribution in [3.8, 4) is 5.75 Å². The van der Waals surface area contributed by atoms with E-state index in [-0.39, 0.29) is 23.5 Å². The molecule has 1 aliphatic heterocycles. The van der Waals surface area contributed by atoms with Gasteiger partial charge in [-0.1, -0.05) is 43.7 Å². The Labute approximate surface area is 167 Å². The average molecular weight is 402 g/mol. The molecule has 0 saturated carbocycles. The lowest BCUT2D eigenvalue weighted by Crippen LogP contribution is -2.40. The fraction of sp³-hybridized carbons (Fsp3) is 0.409. The van der Waals surface area contributed by atoms with Gasteiger partial charge >= 0.3 is 0 Å². The zero-order chi connectivity index (χ0) is 20.0. The predicted molar refractivity (Wildman–Crippen MR) is 110 cm³/mol. The molecule has 0 bridgehead atoms. The van der Waals surface area contributed by atoms with Crippen LogP contribution in [0.2, 0.25) is 0 Å². The largest absolute Gasteiger partial charge is 0.494 e. The monoisotopic (exact) mass is 401 g/mol. The van der Waals surface area contributed by atoms with Crippen molar-refractivity contribution >= 4 is 15.7 Å². The Bertz CT molecular complexity index is 879. The standard InChI is InChI=1S/C22H27NO4S/c1-2-3-14-27-21-11-9-19(10-12-21)22(24)23(16-18-7-5-4-6-8-18)20-13-15-28(25,26)17-20/h4-12,20H,2-3,13-17H2,1H3/t20-/m0/s1. The van der Waals surface area contributed by atoms with E-state index < -0.39 is 9.84 Å². The van der Waals surface area contributed by atoms with Gasteiger partial charge in [0.2, 0.25) is 0 Å². The van der Waals surface area contributed by atoms with Gasteiger partial charge in [0.1, 0.15) is 5.75 Å². The lowest BCUT2D eigenvalue weighted by molar-refractivity contribution is 0.0681. The molecule has 0 N–H and O–H groups in total. The molecule has 0 unspecified atom stereocenters. The molecule has 1 aliphatic rings. The van der Waals surface area contributed by atoms with E-state index in [2.05, 4.69) is 6.92 Å². The zero-order valence-corrected chi connectivity index (χ0v) is 17.0. The highest BCUT2D eigenvalue weighted by atomic mass is 32.2. The summed E-state index contributed by atoms with van der Waals surface area (Å²) in [5.74, 6) is 0.763. The van der Waals surface area contributed by atoms with Crippen LogP contribution in [0.25, 0.3) is 0 Å². The topological polar surface area (TPSA) is 63.7 Å². The number of rotatable bonds is 8. The molecule has 0 aromatic heterocycles. The van der Waals surface area contributed by atoms with Crippen LogP contribution in [0, 0.1) is 0 Å². The number of nitrogens with zero attached hydrogens (tertiary/aromatic N) is 1. The lowest BCUT2D eigenvalue weighted by atomic mass is 10.1. The Morgan fingerprint density at radius 2 is 1.82 bits per heavy atom. The highest BCUT2D eigenvalue weighted by molar-refractivity contribution is 7.91. The summed E-state index contributed by atoms with van der Waals surface area (Å²) in [6.45, 7) is 3.16. The molecule has 28 heavy (non-hydrogen) atoms. The van der Waals surface area contributed by atoms with E-state index in [1.165, 1.54) is 0 Å². The third kappa shape index (κ3) is 5.35. The van der Waals surface area contributed by atoms with Crippen LogP contribution in [0.3, 0.4) is 0 Å². The Balaban J connectivity index is 1.78. The van der Waals surface area contributed by atoms with Crippen LogP contribution in [0.15, 0.2) is 54.6 Å². The van der Waals surface area contributed by atoms with Crippen LogP contribution >= 0.6 is 0 Å². The summed E-state index contributed by atoms with van der Waals surface area (Å²) >= 11 is 0. The molecule has 3 rings (SSSR count). The molecular weight excluding hydrogens is 374 g/mol. The maximum Gasteiger partial charge on any atom is 0.254 e. The number of hydrogen-bond donors (Lipinski definition) is 0. The zero-order valence-electron chi connectivity index (χ0n) is 16.2. The van der Waals surface area contributed by atoms with Crippen LogP contribution < -0.4 is 4.74 Å². The summed E-state index contributed by atoms with van der Waals surface area (Å²) in [7, 11) is -3.08. The number of sulfone groups is 1. The molecule has 150 valence electrons. The number of ether oxygens (including phenoxy) is 1. The molecule has 1 fully saturated rings. The van der Waals surface area contributed by atoms with Crippen molar-refractivity contribution < 1.29 is 17.9 Å². The third-order valence-corrected chi connectivity index (χ3v) is 6.72. The molecule has 6 heteroatoms. The molecule has 0 spiro atoms. The maximum atomic E-state index is 13.2. The molecule has 2 aromatic rings. The summed E-state index contributed by atoms with van der Waals surface area (Å²) in [6, 6.07) is 16.5. The predicted octanol–water partition coefficient (Wildman–Crippen LogP) is 3.70. The number of hydrogen-bond acceptors (Lipinski definition) is 4. The number of carbonyl (C=O) groups excluding carboxylic acids is 1. The van der Waals surface area contributed by atoms with E-state index in [1.54, 1.807) is 29.2 Å². The molecule has 0 radical (unpaired) electrons. The Morgan fingerprint density at radius 1 is 1.11 bits per heavy atom. The first-order valence-corrected chi connectivity index (χ1v) is 11.6. The number of unbranched alkanes of at least 4 members (excludes halogenated alkanes) is 1. The molecule has 0 aliphatic carbocycles. The summed E-state index contributed by atoms with van der Waals surface area (Å²) in [4.78, 5) is 14.9. The van der Waals surface area contributed by atoms with Crippen LogP contribution in [0.5, 0.6) is 5.75 Å². The second-order valence-electron chi connectivity index (χ2n) is 7.20. The van der Waals surface area contributed by atoms with E-state index in [1.807, 2.05) is 30.3 Å². The Hall–Kier alpha value is -2.34. The van der Waals surface area contributed by atoms with Gasteiger partial charge in [-0.2, -0.15) is 0 Å². The van der Waals surface area contributed by atoms with E-state index in [4.69, 9.17) is 4.74 Å². The van der Waals surface area contributed by atoms with Crippen molar-refractivity contribution in [1.29, 1.82) is 0 Å². The van der Waals surface area contributed by atoms with Gasteiger partial charge in [-0.05, 0) is 42.7 Å². The first-order chi connectivity index (χ1) is 13.5. The molecule has 1 atom stereocenters. The van der Waals surface area contributed by atoms with Crippen molar-refractivity contribution in [2.24, 2.45) is 0 Å². The van der Waals surface area contributed by atoms with E-state index in [0.717, 1.165) is 24.2 Å². The molecule has 2 aromatic carbocycles. The van der Waals surface area contributed by atoms with Crippen molar-refractivity contribution in [3.05, 3.63) is 65.7 Å². The van der Waals surface area contributed by atoms with E-state index in [9.17, 15) is 13.2 Å². The minimum absolute atomic E-state index is 0.0315. The second kappa shape index (κ2) is 9.24. The summed E-state index contributed by atoms with van der Waals surface area (Å²) < 4.78 is 29.6. The fourth-order valence-electron chi connectivity index (χ4n) is 3.36. The number of benzene rings is 2. The van der Waals surface area contributed by atoms with Crippen LogP contribution in [0.1, 0.15) is 42.1 Å². The van der Waals surface area contributed by atoms with Crippen LogP contribution in [-0.4, -0.2) is 43.4 Å². The third-order valence-electron chi connectivity index (χ3n) is 4.97. The van der Waals surface area contributed by atoms with Gasteiger partial charge in [-0.3, -0.25) is 4.79 Å². The normalized spacial score (nSPS) is 18.0. The summed E-state index contributed by atoms with van der Waals surface area (Å²) in [5, 5.41) is 0. The van der Waals surface area contributed by atoms with E-state index in [0.29, 0.717) is 25.1 Å². The van der Waals surface area contributed by atoms with Gasteiger partial charge < -0.3 is 9.64 Å². The van der Waals surface area contributed by atoms with Gasteiger partial charge in [0.25, 0.3) is 5.91 Å². The molecule has 1 amide bonds. The van der Waals surface area contributed by atoms with Crippen molar-refractivity contribution in [2.45, 2.75) is 38.8 Å². The number of carbonyl (C=O) groups is 1. The SMILES string of the molecule is CCCCOc1ccc(C(=O)N(Cc2ccccc2)[C@H]2CCS(=O)(=O)C2)cc1. The molecule has 1 heterocycles. The molecular formula is C22H27NO4S. The number of amides is 1. The molecule has 5 nitrogen and oxygen atoms in total. The van der Waals surface area contributed by atoms with Gasteiger partial charge in [0, 0.05) is 18.2 Å². The summed E-state index contributed by atoms with van der Waals surface area (Å²) in [5.41, 5.74) is 1.53. The fourth-order valence-corrected chi connectivity index (χ4v) is 5.09. The lowest BCUT2D eigenvalue weighted by Gasteiger charge is -2.28. The van der Waals surface area contributed by atoms with Crippen LogP contribution in [0.4, 0.5) is 0 Å². The first-order valence-electron chi connectivity index (χ1n) is 9.76. The highest BCUT2D eigenvalue weighted by Crippen LogP contribution is 2.23. The van der Waals surface area contributed by atoms with Gasteiger partial charge in [0.05, 0.1) is 18.1 Å². The smallest absolute Gasteiger partial charge is 0.254 e. The van der Waals surface area contributed by atoms with Gasteiger partial charge in [0.15, 0.2) is 9.84 Å². The molecule has 1 saturated heterocycles. The highest BCUT2D eigenvalue weighted by Gasteiger charge is 2.35. The first kappa shape index (κ1) is 20.4.